The summed E-state index contributed by atoms with van der Waals surface area (Å²) in [5.41, 5.74) is 3.57. The normalized spacial score (nSPS) is 14.8. The molecule has 1 aliphatic carbocycles. The first-order valence-electron chi connectivity index (χ1n) is 14.0. The predicted molar refractivity (Wildman–Crippen MR) is 164 cm³/mol. The van der Waals surface area contributed by atoms with Crippen LogP contribution in [0, 0.1) is 5.92 Å². The predicted octanol–water partition coefficient (Wildman–Crippen LogP) is 7.68. The zero-order valence-electron chi connectivity index (χ0n) is 23.8. The van der Waals surface area contributed by atoms with Crippen molar-refractivity contribution in [2.75, 3.05) is 20.8 Å². The lowest BCUT2D eigenvalue weighted by Crippen LogP contribution is -2.45. The standard InChI is InChI=1S/C35H38N2O3/c1-24(2)26-14-16-29(17-15-26)36-35(38)37(20-19-25-13-18-33(39-3)34(21-25)40-4)23-32-30-11-7-5-9-27(30)22-28-10-6-8-12-31(28)32/h5-16,18,21-22,24,29H,17,19-20,23H2,1-4H3,(H,36,38). The molecule has 0 aromatic heterocycles. The Hall–Kier alpha value is -4.25. The van der Waals surface area contributed by atoms with Crippen molar-refractivity contribution < 1.29 is 14.3 Å². The molecule has 0 bridgehead atoms. The van der Waals surface area contributed by atoms with E-state index in [1.165, 1.54) is 27.1 Å². The lowest BCUT2D eigenvalue weighted by atomic mass is 9.95. The number of allylic oxidation sites excluding steroid dienone is 2. The molecule has 1 aliphatic rings. The van der Waals surface area contributed by atoms with Crippen molar-refractivity contribution in [3.63, 3.8) is 0 Å². The fourth-order valence-corrected chi connectivity index (χ4v) is 5.44. The SMILES string of the molecule is COc1ccc(CCN(Cc2c3ccccc3cc3ccccc23)C(=O)NC2C=CC(C(C)C)=CC2)cc1OC. The average Bonchev–Trinajstić information content (AvgIpc) is 2.98. The summed E-state index contributed by atoms with van der Waals surface area (Å²) in [6.45, 7) is 5.45. The molecule has 0 fully saturated rings. The summed E-state index contributed by atoms with van der Waals surface area (Å²) in [6, 6.07) is 25.0. The fraction of sp³-hybridized carbons (Fsp3) is 0.286. The van der Waals surface area contributed by atoms with Gasteiger partial charge in [0.05, 0.1) is 20.3 Å². The van der Waals surface area contributed by atoms with E-state index in [-0.39, 0.29) is 12.1 Å². The Morgan fingerprint density at radius 1 is 0.925 bits per heavy atom. The number of rotatable bonds is 9. The second-order valence-electron chi connectivity index (χ2n) is 10.7. The first-order valence-corrected chi connectivity index (χ1v) is 14.0. The Morgan fingerprint density at radius 2 is 1.60 bits per heavy atom. The van der Waals surface area contributed by atoms with Crippen molar-refractivity contribution in [1.82, 2.24) is 10.2 Å². The molecule has 4 aromatic rings. The number of carbonyl (C=O) groups is 1. The first kappa shape index (κ1) is 27.3. The highest BCUT2D eigenvalue weighted by Crippen LogP contribution is 2.31. The monoisotopic (exact) mass is 534 g/mol. The number of amides is 2. The summed E-state index contributed by atoms with van der Waals surface area (Å²) < 4.78 is 10.9. The molecule has 5 heteroatoms. The van der Waals surface area contributed by atoms with Gasteiger partial charge in [-0.2, -0.15) is 0 Å². The molecule has 1 unspecified atom stereocenters. The zero-order chi connectivity index (χ0) is 28.1. The third-order valence-electron chi connectivity index (χ3n) is 7.74. The molecule has 0 saturated heterocycles. The molecule has 1 atom stereocenters. The third kappa shape index (κ3) is 5.99. The van der Waals surface area contributed by atoms with E-state index in [1.807, 2.05) is 23.1 Å². The van der Waals surface area contributed by atoms with Crippen molar-refractivity contribution in [2.45, 2.75) is 39.3 Å². The zero-order valence-corrected chi connectivity index (χ0v) is 23.8. The second-order valence-corrected chi connectivity index (χ2v) is 10.7. The molecular formula is C35H38N2O3. The smallest absolute Gasteiger partial charge is 0.318 e. The van der Waals surface area contributed by atoms with Gasteiger partial charge in [0.1, 0.15) is 0 Å². The number of fused-ring (bicyclic) bond motifs is 2. The molecule has 0 radical (unpaired) electrons. The van der Waals surface area contributed by atoms with Gasteiger partial charge in [-0.1, -0.05) is 86.7 Å². The number of hydrogen-bond donors (Lipinski definition) is 1. The lowest BCUT2D eigenvalue weighted by Gasteiger charge is -2.28. The van der Waals surface area contributed by atoms with Gasteiger partial charge in [0.25, 0.3) is 0 Å². The van der Waals surface area contributed by atoms with Crippen LogP contribution in [0.25, 0.3) is 21.5 Å². The minimum atomic E-state index is -0.0615. The molecule has 4 aromatic carbocycles. The summed E-state index contributed by atoms with van der Waals surface area (Å²) in [7, 11) is 3.28. The minimum absolute atomic E-state index is 0.0251. The number of hydrogen-bond acceptors (Lipinski definition) is 3. The Balaban J connectivity index is 1.45. The fourth-order valence-electron chi connectivity index (χ4n) is 5.44. The van der Waals surface area contributed by atoms with Crippen LogP contribution >= 0.6 is 0 Å². The van der Waals surface area contributed by atoms with Crippen molar-refractivity contribution in [3.8, 4) is 11.5 Å². The van der Waals surface area contributed by atoms with Crippen LogP contribution in [-0.2, 0) is 13.0 Å². The Bertz CT molecular complexity index is 1520. The first-order chi connectivity index (χ1) is 19.5. The molecule has 0 heterocycles. The number of nitrogens with zero attached hydrogens (tertiary/aromatic N) is 1. The van der Waals surface area contributed by atoms with E-state index in [9.17, 15) is 4.79 Å². The van der Waals surface area contributed by atoms with Crippen LogP contribution in [0.4, 0.5) is 4.79 Å². The van der Waals surface area contributed by atoms with Crippen LogP contribution in [0.2, 0.25) is 0 Å². The largest absolute Gasteiger partial charge is 0.493 e. The van der Waals surface area contributed by atoms with Gasteiger partial charge in [0.15, 0.2) is 11.5 Å². The van der Waals surface area contributed by atoms with E-state index in [1.54, 1.807) is 14.2 Å². The summed E-state index contributed by atoms with van der Waals surface area (Å²) in [5, 5.41) is 7.99. The van der Waals surface area contributed by atoms with Crippen LogP contribution in [0.3, 0.4) is 0 Å². The maximum absolute atomic E-state index is 13.9. The lowest BCUT2D eigenvalue weighted by molar-refractivity contribution is 0.194. The van der Waals surface area contributed by atoms with E-state index in [0.717, 1.165) is 17.5 Å². The molecule has 0 spiro atoms. The van der Waals surface area contributed by atoms with Gasteiger partial charge >= 0.3 is 6.03 Å². The summed E-state index contributed by atoms with van der Waals surface area (Å²) in [6.07, 6.45) is 7.99. The maximum Gasteiger partial charge on any atom is 0.318 e. The highest BCUT2D eigenvalue weighted by molar-refractivity contribution is 6.02. The number of urea groups is 1. The second kappa shape index (κ2) is 12.3. The molecule has 5 rings (SSSR count). The third-order valence-corrected chi connectivity index (χ3v) is 7.74. The summed E-state index contributed by atoms with van der Waals surface area (Å²) in [5.74, 6) is 1.86. The highest BCUT2D eigenvalue weighted by atomic mass is 16.5. The Morgan fingerprint density at radius 3 is 2.20 bits per heavy atom. The van der Waals surface area contributed by atoms with Gasteiger partial charge in [-0.05, 0) is 75.2 Å². The van der Waals surface area contributed by atoms with Gasteiger partial charge in [-0.25, -0.2) is 4.79 Å². The summed E-state index contributed by atoms with van der Waals surface area (Å²) >= 11 is 0. The molecule has 0 aliphatic heterocycles. The van der Waals surface area contributed by atoms with Crippen molar-refractivity contribution >= 4 is 27.6 Å². The maximum atomic E-state index is 13.9. The van der Waals surface area contributed by atoms with Crippen molar-refractivity contribution in [1.29, 1.82) is 0 Å². The van der Waals surface area contributed by atoms with Gasteiger partial charge in [-0.3, -0.25) is 0 Å². The van der Waals surface area contributed by atoms with Gasteiger partial charge in [0.2, 0.25) is 0 Å². The van der Waals surface area contributed by atoms with Crippen LogP contribution in [0.15, 0.2) is 96.6 Å². The van der Waals surface area contributed by atoms with E-state index in [2.05, 4.69) is 92.0 Å². The number of nitrogens with one attached hydrogen (secondary N) is 1. The average molecular weight is 535 g/mol. The van der Waals surface area contributed by atoms with E-state index < -0.39 is 0 Å². The molecule has 0 saturated carbocycles. The molecule has 1 N–H and O–H groups in total. The number of carbonyl (C=O) groups excluding carboxylic acids is 1. The van der Waals surface area contributed by atoms with Gasteiger partial charge in [0, 0.05) is 13.1 Å². The Labute approximate surface area is 237 Å². The molecular weight excluding hydrogens is 496 g/mol. The highest BCUT2D eigenvalue weighted by Gasteiger charge is 2.21. The van der Waals surface area contributed by atoms with E-state index in [4.69, 9.17) is 9.47 Å². The molecule has 5 nitrogen and oxygen atoms in total. The Kier molecular flexibility index (Phi) is 8.40. The van der Waals surface area contributed by atoms with Crippen molar-refractivity contribution in [3.05, 3.63) is 108 Å². The van der Waals surface area contributed by atoms with Crippen molar-refractivity contribution in [2.24, 2.45) is 5.92 Å². The van der Waals surface area contributed by atoms with E-state index in [0.29, 0.717) is 36.9 Å². The van der Waals surface area contributed by atoms with Crippen LogP contribution in [0.1, 0.15) is 31.4 Å². The van der Waals surface area contributed by atoms with Gasteiger partial charge < -0.3 is 19.7 Å². The number of methoxy groups -OCH3 is 2. The topological polar surface area (TPSA) is 50.8 Å². The van der Waals surface area contributed by atoms with Gasteiger partial charge in [-0.15, -0.1) is 0 Å². The number of benzene rings is 4. The quantitative estimate of drug-likeness (QED) is 0.224. The van der Waals surface area contributed by atoms with E-state index >= 15 is 0 Å². The molecule has 2 amide bonds. The van der Waals surface area contributed by atoms with Crippen LogP contribution in [-0.4, -0.2) is 37.7 Å². The van der Waals surface area contributed by atoms with Crippen LogP contribution in [0.5, 0.6) is 11.5 Å². The van der Waals surface area contributed by atoms with Crippen LogP contribution < -0.4 is 14.8 Å². The molecule has 206 valence electrons. The minimum Gasteiger partial charge on any atom is -0.493 e. The molecule has 40 heavy (non-hydrogen) atoms. The number of ether oxygens (including phenoxy) is 2. The summed E-state index contributed by atoms with van der Waals surface area (Å²) in [4.78, 5) is 15.8.